The van der Waals surface area contributed by atoms with Crippen molar-refractivity contribution in [3.63, 3.8) is 0 Å². The molecule has 0 aliphatic heterocycles. The summed E-state index contributed by atoms with van der Waals surface area (Å²) >= 11 is 5.86. The van der Waals surface area contributed by atoms with Gasteiger partial charge in [0.15, 0.2) is 0 Å². The number of hydrogen-bond acceptors (Lipinski definition) is 5. The second kappa shape index (κ2) is 6.58. The van der Waals surface area contributed by atoms with Crippen LogP contribution in [0.4, 0.5) is 0 Å². The Labute approximate surface area is 110 Å². The molecule has 0 amide bonds. The quantitative estimate of drug-likeness (QED) is 0.790. The molecular weight excluding hydrogens is 258 g/mol. The summed E-state index contributed by atoms with van der Waals surface area (Å²) in [5.74, 6) is -0.0187. The highest BCUT2D eigenvalue weighted by Gasteiger charge is 2.23. The van der Waals surface area contributed by atoms with Gasteiger partial charge in [0.2, 0.25) is 0 Å². The minimum Gasteiger partial charge on any atom is -0.496 e. The van der Waals surface area contributed by atoms with Crippen LogP contribution >= 0.6 is 11.6 Å². The van der Waals surface area contributed by atoms with Crippen LogP contribution in [0.5, 0.6) is 5.75 Å². The van der Waals surface area contributed by atoms with Crippen molar-refractivity contribution in [2.75, 3.05) is 14.2 Å². The predicted octanol–water partition coefficient (Wildman–Crippen LogP) is 1.27. The van der Waals surface area contributed by atoms with E-state index in [1.165, 1.54) is 14.2 Å². The molecule has 0 saturated carbocycles. The number of hydrogen-bond donors (Lipinski definition) is 2. The first-order chi connectivity index (χ1) is 8.49. The molecule has 0 bridgehead atoms. The smallest absolute Gasteiger partial charge is 0.307 e. The molecule has 3 N–H and O–H groups in total. The lowest BCUT2D eigenvalue weighted by molar-refractivity contribution is -0.141. The summed E-state index contributed by atoms with van der Waals surface area (Å²) < 4.78 is 9.61. The molecule has 100 valence electrons. The lowest BCUT2D eigenvalue weighted by Crippen LogP contribution is -2.31. The zero-order valence-corrected chi connectivity index (χ0v) is 11.0. The molecule has 18 heavy (non-hydrogen) atoms. The molecule has 0 heterocycles. The number of methoxy groups -OCH3 is 2. The number of carbonyl (C=O) groups excluding carboxylic acids is 1. The minimum atomic E-state index is -1.06. The maximum atomic E-state index is 11.1. The highest BCUT2D eigenvalue weighted by Crippen LogP contribution is 2.30. The van der Waals surface area contributed by atoms with Crippen LogP contribution in [0.1, 0.15) is 18.1 Å². The minimum absolute atomic E-state index is 0.0899. The van der Waals surface area contributed by atoms with E-state index in [0.717, 1.165) is 0 Å². The summed E-state index contributed by atoms with van der Waals surface area (Å²) in [6, 6.07) is 4.04. The average molecular weight is 274 g/mol. The Morgan fingerprint density at radius 3 is 2.72 bits per heavy atom. The number of ether oxygens (including phenoxy) is 2. The molecule has 2 unspecified atom stereocenters. The molecule has 0 saturated heterocycles. The first-order valence-corrected chi connectivity index (χ1v) is 5.71. The van der Waals surface area contributed by atoms with Crippen molar-refractivity contribution in [2.45, 2.75) is 18.6 Å². The van der Waals surface area contributed by atoms with Gasteiger partial charge in [0.1, 0.15) is 5.75 Å². The van der Waals surface area contributed by atoms with E-state index in [2.05, 4.69) is 4.74 Å². The third-order valence-corrected chi connectivity index (χ3v) is 2.78. The van der Waals surface area contributed by atoms with E-state index in [9.17, 15) is 9.90 Å². The molecule has 0 fully saturated rings. The van der Waals surface area contributed by atoms with Gasteiger partial charge in [-0.2, -0.15) is 0 Å². The van der Waals surface area contributed by atoms with E-state index < -0.39 is 18.1 Å². The van der Waals surface area contributed by atoms with Crippen molar-refractivity contribution in [3.8, 4) is 5.75 Å². The summed E-state index contributed by atoms with van der Waals surface area (Å²) in [5, 5.41) is 10.6. The van der Waals surface area contributed by atoms with Crippen LogP contribution in [0.15, 0.2) is 18.2 Å². The molecule has 0 aliphatic rings. The van der Waals surface area contributed by atoms with Crippen LogP contribution in [0, 0.1) is 0 Å². The van der Waals surface area contributed by atoms with Gasteiger partial charge in [0.05, 0.1) is 26.7 Å². The monoisotopic (exact) mass is 273 g/mol. The fraction of sp³-hybridized carbons (Fsp3) is 0.417. The van der Waals surface area contributed by atoms with E-state index in [1.54, 1.807) is 18.2 Å². The molecule has 1 aromatic rings. The van der Waals surface area contributed by atoms with Crippen molar-refractivity contribution < 1.29 is 19.4 Å². The third kappa shape index (κ3) is 3.60. The molecule has 1 aromatic carbocycles. The van der Waals surface area contributed by atoms with Crippen LogP contribution in [-0.2, 0) is 9.53 Å². The molecule has 6 heteroatoms. The second-order valence-electron chi connectivity index (χ2n) is 3.78. The van der Waals surface area contributed by atoms with Gasteiger partial charge in [-0.25, -0.2) is 0 Å². The Morgan fingerprint density at radius 1 is 1.50 bits per heavy atom. The zero-order chi connectivity index (χ0) is 13.7. The van der Waals surface area contributed by atoms with Gasteiger partial charge in [-0.15, -0.1) is 0 Å². The molecule has 1 rings (SSSR count). The highest BCUT2D eigenvalue weighted by atomic mass is 35.5. The van der Waals surface area contributed by atoms with E-state index >= 15 is 0 Å². The number of aliphatic hydroxyl groups excluding tert-OH is 1. The Kier molecular flexibility index (Phi) is 5.40. The first kappa shape index (κ1) is 14.8. The standard InChI is InChI=1S/C12H16ClNO4/c1-17-10-4-3-7(13)5-8(10)12(16)9(14)6-11(15)18-2/h3-5,9,12,16H,6,14H2,1-2H3. The van der Waals surface area contributed by atoms with E-state index in [4.69, 9.17) is 22.1 Å². The van der Waals surface area contributed by atoms with Crippen LogP contribution in [-0.4, -0.2) is 31.3 Å². The van der Waals surface area contributed by atoms with Crippen LogP contribution in [0.3, 0.4) is 0 Å². The first-order valence-electron chi connectivity index (χ1n) is 5.33. The largest absolute Gasteiger partial charge is 0.496 e. The van der Waals surface area contributed by atoms with Crippen molar-refractivity contribution in [3.05, 3.63) is 28.8 Å². The van der Waals surface area contributed by atoms with Gasteiger partial charge < -0.3 is 20.3 Å². The summed E-state index contributed by atoms with van der Waals surface area (Å²) in [7, 11) is 2.74. The normalized spacial score (nSPS) is 13.8. The predicted molar refractivity (Wildman–Crippen MR) is 67.6 cm³/mol. The van der Waals surface area contributed by atoms with Crippen molar-refractivity contribution >= 4 is 17.6 Å². The average Bonchev–Trinajstić information content (AvgIpc) is 2.37. The number of aliphatic hydroxyl groups is 1. The van der Waals surface area contributed by atoms with E-state index in [0.29, 0.717) is 16.3 Å². The Morgan fingerprint density at radius 2 is 2.17 bits per heavy atom. The molecule has 2 atom stereocenters. The second-order valence-corrected chi connectivity index (χ2v) is 4.21. The van der Waals surface area contributed by atoms with Gasteiger partial charge in [0.25, 0.3) is 0 Å². The number of nitrogens with two attached hydrogens (primary N) is 1. The summed E-state index contributed by atoms with van der Waals surface area (Å²) in [5.41, 5.74) is 6.20. The van der Waals surface area contributed by atoms with Gasteiger partial charge in [0, 0.05) is 16.6 Å². The molecule has 0 spiro atoms. The summed E-state index contributed by atoms with van der Waals surface area (Å²) in [6.45, 7) is 0. The topological polar surface area (TPSA) is 81.8 Å². The highest BCUT2D eigenvalue weighted by molar-refractivity contribution is 6.30. The van der Waals surface area contributed by atoms with Gasteiger partial charge in [-0.1, -0.05) is 11.6 Å². The van der Waals surface area contributed by atoms with Gasteiger partial charge in [-0.05, 0) is 18.2 Å². The van der Waals surface area contributed by atoms with Crippen LogP contribution in [0.2, 0.25) is 5.02 Å². The maximum absolute atomic E-state index is 11.1. The number of esters is 1. The lowest BCUT2D eigenvalue weighted by atomic mass is 9.99. The zero-order valence-electron chi connectivity index (χ0n) is 10.2. The Hall–Kier alpha value is -1.30. The summed E-state index contributed by atoms with van der Waals surface area (Å²) in [4.78, 5) is 11.1. The van der Waals surface area contributed by atoms with E-state index in [1.807, 2.05) is 0 Å². The van der Waals surface area contributed by atoms with Crippen LogP contribution < -0.4 is 10.5 Å². The lowest BCUT2D eigenvalue weighted by Gasteiger charge is -2.20. The third-order valence-electron chi connectivity index (χ3n) is 2.55. The number of carbonyl (C=O) groups is 1. The Balaban J connectivity index is 2.91. The van der Waals surface area contributed by atoms with E-state index in [-0.39, 0.29) is 6.42 Å². The molecule has 0 aromatic heterocycles. The summed E-state index contributed by atoms with van der Waals surface area (Å²) in [6.07, 6.45) is -1.15. The maximum Gasteiger partial charge on any atom is 0.307 e. The molecule has 5 nitrogen and oxygen atoms in total. The number of halogens is 1. The Bertz CT molecular complexity index is 425. The van der Waals surface area contributed by atoms with Crippen LogP contribution in [0.25, 0.3) is 0 Å². The molecule has 0 aliphatic carbocycles. The van der Waals surface area contributed by atoms with Crippen molar-refractivity contribution in [2.24, 2.45) is 5.73 Å². The van der Waals surface area contributed by atoms with Gasteiger partial charge in [-0.3, -0.25) is 4.79 Å². The fourth-order valence-electron chi connectivity index (χ4n) is 1.55. The SMILES string of the molecule is COC(=O)CC(N)C(O)c1cc(Cl)ccc1OC. The van der Waals surface area contributed by atoms with Crippen molar-refractivity contribution in [1.29, 1.82) is 0 Å². The number of rotatable bonds is 5. The van der Waals surface area contributed by atoms with Crippen molar-refractivity contribution in [1.82, 2.24) is 0 Å². The number of benzene rings is 1. The van der Waals surface area contributed by atoms with Gasteiger partial charge >= 0.3 is 5.97 Å². The molecule has 0 radical (unpaired) electrons. The fourth-order valence-corrected chi connectivity index (χ4v) is 1.73. The molecular formula is C12H16ClNO4.